The van der Waals surface area contributed by atoms with Crippen molar-refractivity contribution in [2.75, 3.05) is 0 Å². The summed E-state index contributed by atoms with van der Waals surface area (Å²) >= 11 is 0. The van der Waals surface area contributed by atoms with Crippen molar-refractivity contribution in [3.05, 3.63) is 24.2 Å². The van der Waals surface area contributed by atoms with E-state index in [1.165, 1.54) is 0 Å². The summed E-state index contributed by atoms with van der Waals surface area (Å²) in [5.41, 5.74) is 7.14. The van der Waals surface area contributed by atoms with Crippen LogP contribution in [-0.4, -0.2) is 0 Å². The zero-order valence-corrected chi connectivity index (χ0v) is 4.72. The maximum Gasteiger partial charge on any atom is 0.121 e. The van der Waals surface area contributed by atoms with Crippen molar-refractivity contribution in [1.82, 2.24) is 5.73 Å². The van der Waals surface area contributed by atoms with Crippen molar-refractivity contribution < 1.29 is 4.42 Å². The second-order valence-electron chi connectivity index (χ2n) is 1.74. The summed E-state index contributed by atoms with van der Waals surface area (Å²) in [5, 5.41) is 0. The number of hydrogen-bond donors (Lipinski definition) is 0. The van der Waals surface area contributed by atoms with E-state index in [1.54, 1.807) is 25.3 Å². The van der Waals surface area contributed by atoms with Crippen LogP contribution in [-0.2, 0) is 0 Å². The Kier molecular flexibility index (Phi) is 1.35. The summed E-state index contributed by atoms with van der Waals surface area (Å²) in [6, 6.07) is 3.36. The monoisotopic (exact) mass is 110 g/mol. The van der Waals surface area contributed by atoms with E-state index in [0.717, 1.165) is 5.76 Å². The van der Waals surface area contributed by atoms with Crippen LogP contribution in [0.4, 0.5) is 0 Å². The van der Waals surface area contributed by atoms with Crippen molar-refractivity contribution in [2.24, 2.45) is 0 Å². The number of hydrogen-bond acceptors (Lipinski definition) is 1. The molecule has 43 valence electrons. The molecule has 1 heterocycles. The predicted molar refractivity (Wildman–Crippen MR) is 30.2 cm³/mol. The second kappa shape index (κ2) is 2.01. The highest BCUT2D eigenvalue weighted by atomic mass is 16.3. The van der Waals surface area contributed by atoms with Crippen LogP contribution in [0.1, 0.15) is 18.7 Å². The van der Waals surface area contributed by atoms with Gasteiger partial charge in [0.05, 0.1) is 12.3 Å². The molecule has 0 spiro atoms. The molecule has 1 N–H and O–H groups in total. The van der Waals surface area contributed by atoms with Gasteiger partial charge in [-0.1, -0.05) is 0 Å². The van der Waals surface area contributed by atoms with Gasteiger partial charge in [0.1, 0.15) is 5.76 Å². The zero-order chi connectivity index (χ0) is 5.98. The molecule has 1 aromatic rings. The molecule has 8 heavy (non-hydrogen) atoms. The molecule has 2 nitrogen and oxygen atoms in total. The molecular weight excluding hydrogens is 102 g/mol. The summed E-state index contributed by atoms with van der Waals surface area (Å²) in [4.78, 5) is 0. The Morgan fingerprint density at radius 2 is 2.50 bits per heavy atom. The first kappa shape index (κ1) is 5.38. The number of furan rings is 1. The van der Waals surface area contributed by atoms with Gasteiger partial charge in [0.25, 0.3) is 0 Å². The van der Waals surface area contributed by atoms with Crippen LogP contribution in [0.2, 0.25) is 0 Å². The summed E-state index contributed by atoms with van der Waals surface area (Å²) in [7, 11) is 0. The lowest BCUT2D eigenvalue weighted by atomic mass is 10.3. The summed E-state index contributed by atoms with van der Waals surface area (Å²) in [5.74, 6) is 0.727. The van der Waals surface area contributed by atoms with E-state index in [0.29, 0.717) is 0 Å². The summed E-state index contributed by atoms with van der Waals surface area (Å²) in [6.45, 7) is 1.78. The number of rotatable bonds is 1. The van der Waals surface area contributed by atoms with Crippen LogP contribution in [0.25, 0.3) is 0 Å². The minimum absolute atomic E-state index is 0.231. The van der Waals surface area contributed by atoms with Crippen molar-refractivity contribution in [3.63, 3.8) is 0 Å². The quantitative estimate of drug-likeness (QED) is 0.541. The lowest BCUT2D eigenvalue weighted by molar-refractivity contribution is 0.475. The molecule has 1 atom stereocenters. The topological polar surface area (TPSA) is 36.9 Å². The van der Waals surface area contributed by atoms with Crippen LogP contribution in [0, 0.1) is 0 Å². The van der Waals surface area contributed by atoms with Crippen LogP contribution >= 0.6 is 0 Å². The van der Waals surface area contributed by atoms with Crippen LogP contribution in [0.3, 0.4) is 0 Å². The van der Waals surface area contributed by atoms with Crippen LogP contribution in [0.15, 0.2) is 22.8 Å². The SMILES string of the molecule is C[C@H]([NH])c1ccco1. The molecule has 1 aromatic heterocycles. The standard InChI is InChI=1S/C6H8NO/c1-5(7)6-3-2-4-8-6/h2-5,7H,1H3/t5-/m0/s1. The minimum Gasteiger partial charge on any atom is -0.468 e. The van der Waals surface area contributed by atoms with Gasteiger partial charge in [0.2, 0.25) is 0 Å². The van der Waals surface area contributed by atoms with Gasteiger partial charge >= 0.3 is 0 Å². The van der Waals surface area contributed by atoms with Crippen molar-refractivity contribution >= 4 is 0 Å². The molecule has 0 fully saturated rings. The number of nitrogens with one attached hydrogen (secondary N) is 1. The van der Waals surface area contributed by atoms with Gasteiger partial charge in [-0.25, -0.2) is 5.73 Å². The van der Waals surface area contributed by atoms with Gasteiger partial charge in [-0.15, -0.1) is 0 Å². The Hall–Kier alpha value is -0.760. The Labute approximate surface area is 48.3 Å². The van der Waals surface area contributed by atoms with Crippen LogP contribution < -0.4 is 5.73 Å². The fraction of sp³-hybridized carbons (Fsp3) is 0.333. The van der Waals surface area contributed by atoms with E-state index < -0.39 is 0 Å². The summed E-state index contributed by atoms with van der Waals surface area (Å²) < 4.78 is 4.91. The molecule has 0 amide bonds. The predicted octanol–water partition coefficient (Wildman–Crippen LogP) is 1.62. The third kappa shape index (κ3) is 0.898. The fourth-order valence-electron chi connectivity index (χ4n) is 0.538. The maximum atomic E-state index is 7.14. The van der Waals surface area contributed by atoms with E-state index in [4.69, 9.17) is 10.2 Å². The molecular formula is C6H8NO. The zero-order valence-electron chi connectivity index (χ0n) is 4.72. The van der Waals surface area contributed by atoms with Crippen molar-refractivity contribution in [2.45, 2.75) is 13.0 Å². The van der Waals surface area contributed by atoms with Gasteiger partial charge in [-0.05, 0) is 19.1 Å². The van der Waals surface area contributed by atoms with Crippen molar-refractivity contribution in [3.8, 4) is 0 Å². The van der Waals surface area contributed by atoms with Gasteiger partial charge in [-0.2, -0.15) is 0 Å². The molecule has 0 aliphatic carbocycles. The van der Waals surface area contributed by atoms with Gasteiger partial charge < -0.3 is 4.42 Å². The molecule has 2 heteroatoms. The highest BCUT2D eigenvalue weighted by Crippen LogP contribution is 2.09. The first-order chi connectivity index (χ1) is 3.80. The smallest absolute Gasteiger partial charge is 0.121 e. The third-order valence-corrected chi connectivity index (χ3v) is 0.970. The van der Waals surface area contributed by atoms with Gasteiger partial charge in [-0.3, -0.25) is 0 Å². The van der Waals surface area contributed by atoms with E-state index in [9.17, 15) is 0 Å². The molecule has 0 aliphatic rings. The average Bonchev–Trinajstić information content (AvgIpc) is 2.12. The molecule has 0 saturated carbocycles. The molecule has 0 aliphatic heterocycles. The third-order valence-electron chi connectivity index (χ3n) is 0.970. The van der Waals surface area contributed by atoms with E-state index >= 15 is 0 Å². The Morgan fingerprint density at radius 3 is 2.75 bits per heavy atom. The lowest BCUT2D eigenvalue weighted by Crippen LogP contribution is -1.88. The normalized spacial score (nSPS) is 13.8. The molecule has 1 radical (unpaired) electrons. The maximum absolute atomic E-state index is 7.14. The van der Waals surface area contributed by atoms with E-state index in [1.807, 2.05) is 0 Å². The second-order valence-corrected chi connectivity index (χ2v) is 1.74. The Morgan fingerprint density at radius 1 is 1.75 bits per heavy atom. The molecule has 0 unspecified atom stereocenters. The van der Waals surface area contributed by atoms with Crippen LogP contribution in [0.5, 0.6) is 0 Å². The molecule has 0 bridgehead atoms. The molecule has 0 saturated heterocycles. The molecule has 1 rings (SSSR count). The Bertz CT molecular complexity index is 144. The highest BCUT2D eigenvalue weighted by molar-refractivity contribution is 5.01. The Balaban J connectivity index is 2.77. The minimum atomic E-state index is -0.231. The van der Waals surface area contributed by atoms with Gasteiger partial charge in [0, 0.05) is 0 Å². The van der Waals surface area contributed by atoms with E-state index in [-0.39, 0.29) is 6.04 Å². The fourth-order valence-corrected chi connectivity index (χ4v) is 0.538. The molecule has 0 aromatic carbocycles. The first-order valence-corrected chi connectivity index (χ1v) is 2.55. The largest absolute Gasteiger partial charge is 0.468 e. The highest BCUT2D eigenvalue weighted by Gasteiger charge is 1.99. The lowest BCUT2D eigenvalue weighted by Gasteiger charge is -1.94. The average molecular weight is 110 g/mol. The van der Waals surface area contributed by atoms with Gasteiger partial charge in [0.15, 0.2) is 0 Å². The first-order valence-electron chi connectivity index (χ1n) is 2.55. The van der Waals surface area contributed by atoms with E-state index in [2.05, 4.69) is 0 Å². The van der Waals surface area contributed by atoms with Crippen molar-refractivity contribution in [1.29, 1.82) is 0 Å². The summed E-state index contributed by atoms with van der Waals surface area (Å²) in [6.07, 6.45) is 1.58.